The van der Waals surface area contributed by atoms with Crippen LogP contribution in [-0.4, -0.2) is 33.3 Å². The first-order valence-electron chi connectivity index (χ1n) is 8.43. The van der Waals surface area contributed by atoms with Crippen molar-refractivity contribution in [2.45, 2.75) is 11.5 Å². The third-order valence-corrected chi connectivity index (χ3v) is 5.08. The maximum atomic E-state index is 11.6. The summed E-state index contributed by atoms with van der Waals surface area (Å²) in [5.74, 6) is 1.14. The maximum absolute atomic E-state index is 11.6. The molecule has 0 spiro atoms. The Labute approximate surface area is 166 Å². The van der Waals surface area contributed by atoms with Gasteiger partial charge in [-0.3, -0.25) is 9.67 Å². The molecule has 4 rings (SSSR count). The number of sulfonamides is 1. The molecule has 0 radical (unpaired) electrons. The van der Waals surface area contributed by atoms with Gasteiger partial charge in [-0.2, -0.15) is 10.1 Å². The normalized spacial score (nSPS) is 11.5. The fraction of sp³-hybridized carbons (Fsp3) is 0.111. The van der Waals surface area contributed by atoms with Crippen molar-refractivity contribution in [1.82, 2.24) is 24.9 Å². The zero-order valence-electron chi connectivity index (χ0n) is 15.3. The lowest BCUT2D eigenvalue weighted by molar-refractivity contribution is 0.294. The number of aromatic nitrogens is 5. The summed E-state index contributed by atoms with van der Waals surface area (Å²) in [5.41, 5.74) is 1.81. The zero-order chi connectivity index (χ0) is 20.4. The molecule has 148 valence electrons. The summed E-state index contributed by atoms with van der Waals surface area (Å²) in [6.45, 7) is 0.231. The molecule has 3 aromatic heterocycles. The first-order chi connectivity index (χ1) is 13.9. The predicted octanol–water partition coefficient (Wildman–Crippen LogP) is 1.76. The van der Waals surface area contributed by atoms with E-state index in [1.807, 2.05) is 0 Å². The highest BCUT2D eigenvalue weighted by Gasteiger charge is 2.19. The van der Waals surface area contributed by atoms with Crippen LogP contribution < -0.4 is 9.88 Å². The van der Waals surface area contributed by atoms with Gasteiger partial charge in [-0.15, -0.1) is 0 Å². The van der Waals surface area contributed by atoms with E-state index in [2.05, 4.69) is 20.2 Å². The molecular weight excluding hydrogens is 396 g/mol. The highest BCUT2D eigenvalue weighted by molar-refractivity contribution is 7.89. The van der Waals surface area contributed by atoms with E-state index in [1.165, 1.54) is 12.1 Å². The number of primary sulfonamides is 1. The van der Waals surface area contributed by atoms with Gasteiger partial charge in [-0.25, -0.2) is 13.6 Å². The summed E-state index contributed by atoms with van der Waals surface area (Å²) in [7, 11) is -2.06. The second-order valence-electron chi connectivity index (χ2n) is 6.10. The maximum Gasteiger partial charge on any atom is 0.261 e. The van der Waals surface area contributed by atoms with E-state index >= 15 is 0 Å². The smallest absolute Gasteiger partial charge is 0.261 e. The Balaban J connectivity index is 1.62. The summed E-state index contributed by atoms with van der Waals surface area (Å²) in [6, 6.07) is 9.51. The molecule has 0 aliphatic rings. The minimum absolute atomic E-state index is 0.0332. The van der Waals surface area contributed by atoms with Crippen LogP contribution in [0.15, 0.2) is 64.4 Å². The van der Waals surface area contributed by atoms with Gasteiger partial charge in [-0.1, -0.05) is 17.3 Å². The second kappa shape index (κ2) is 7.45. The molecule has 29 heavy (non-hydrogen) atoms. The van der Waals surface area contributed by atoms with Crippen molar-refractivity contribution >= 4 is 10.0 Å². The SMILES string of the molecule is Cn1ncc(-c2nc(-c3cccc(S(N)(=O)=O)c3)no2)c1COc1ccncc1. The van der Waals surface area contributed by atoms with Crippen LogP contribution in [0.5, 0.6) is 5.75 Å². The molecule has 0 fully saturated rings. The van der Waals surface area contributed by atoms with E-state index in [0.29, 0.717) is 16.9 Å². The minimum Gasteiger partial charge on any atom is -0.487 e. The average molecular weight is 412 g/mol. The number of hydrogen-bond acceptors (Lipinski definition) is 8. The van der Waals surface area contributed by atoms with Crippen LogP contribution in [0.4, 0.5) is 0 Å². The summed E-state index contributed by atoms with van der Waals surface area (Å²) in [6.07, 6.45) is 4.88. The molecule has 0 unspecified atom stereocenters. The molecule has 0 aliphatic heterocycles. The number of benzene rings is 1. The first-order valence-corrected chi connectivity index (χ1v) is 9.97. The third-order valence-electron chi connectivity index (χ3n) is 4.16. The molecule has 4 aromatic rings. The van der Waals surface area contributed by atoms with Gasteiger partial charge in [0.25, 0.3) is 5.89 Å². The van der Waals surface area contributed by atoms with E-state index in [1.54, 1.807) is 54.6 Å². The molecule has 11 heteroatoms. The van der Waals surface area contributed by atoms with Gasteiger partial charge in [-0.05, 0) is 24.3 Å². The van der Waals surface area contributed by atoms with E-state index in [0.717, 1.165) is 5.69 Å². The molecule has 3 heterocycles. The first kappa shape index (κ1) is 18.8. The number of rotatable bonds is 6. The number of nitrogens with two attached hydrogens (primary N) is 1. The molecule has 0 saturated carbocycles. The fourth-order valence-corrected chi connectivity index (χ4v) is 3.22. The van der Waals surface area contributed by atoms with Crippen molar-refractivity contribution in [1.29, 1.82) is 0 Å². The Bertz CT molecular complexity index is 1250. The van der Waals surface area contributed by atoms with Gasteiger partial charge in [0.15, 0.2) is 0 Å². The lowest BCUT2D eigenvalue weighted by atomic mass is 10.2. The molecule has 2 N–H and O–H groups in total. The van der Waals surface area contributed by atoms with E-state index in [-0.39, 0.29) is 23.2 Å². The average Bonchev–Trinajstić information content (AvgIpc) is 3.33. The van der Waals surface area contributed by atoms with Crippen LogP contribution in [-0.2, 0) is 23.7 Å². The van der Waals surface area contributed by atoms with Gasteiger partial charge in [0.1, 0.15) is 12.4 Å². The number of aryl methyl sites for hydroxylation is 1. The number of ether oxygens (including phenoxy) is 1. The Morgan fingerprint density at radius 3 is 2.76 bits per heavy atom. The monoisotopic (exact) mass is 412 g/mol. The van der Waals surface area contributed by atoms with Crippen LogP contribution in [0, 0.1) is 0 Å². The summed E-state index contributed by atoms with van der Waals surface area (Å²) >= 11 is 0. The lowest BCUT2D eigenvalue weighted by Crippen LogP contribution is -2.11. The number of pyridine rings is 1. The quantitative estimate of drug-likeness (QED) is 0.505. The van der Waals surface area contributed by atoms with Gasteiger partial charge >= 0.3 is 0 Å². The Kier molecular flexibility index (Phi) is 4.82. The molecule has 1 aromatic carbocycles. The van der Waals surface area contributed by atoms with E-state index in [4.69, 9.17) is 14.4 Å². The summed E-state index contributed by atoms with van der Waals surface area (Å²) in [4.78, 5) is 8.29. The van der Waals surface area contributed by atoms with Crippen LogP contribution in [0.3, 0.4) is 0 Å². The Hall–Kier alpha value is -3.57. The highest BCUT2D eigenvalue weighted by atomic mass is 32.2. The summed E-state index contributed by atoms with van der Waals surface area (Å²) in [5, 5.41) is 13.4. The van der Waals surface area contributed by atoms with Crippen molar-refractivity contribution in [2.24, 2.45) is 12.2 Å². The second-order valence-corrected chi connectivity index (χ2v) is 7.66. The summed E-state index contributed by atoms with van der Waals surface area (Å²) < 4.78 is 35.9. The van der Waals surface area contributed by atoms with Crippen molar-refractivity contribution in [2.75, 3.05) is 0 Å². The van der Waals surface area contributed by atoms with Crippen molar-refractivity contribution in [3.05, 3.63) is 60.7 Å². The fourth-order valence-electron chi connectivity index (χ4n) is 2.66. The largest absolute Gasteiger partial charge is 0.487 e. The molecule has 0 atom stereocenters. The molecule has 0 aliphatic carbocycles. The molecule has 0 amide bonds. The van der Waals surface area contributed by atoms with Gasteiger partial charge < -0.3 is 9.26 Å². The van der Waals surface area contributed by atoms with Crippen molar-refractivity contribution in [3.8, 4) is 28.6 Å². The van der Waals surface area contributed by atoms with Gasteiger partial charge in [0, 0.05) is 25.0 Å². The molecular formula is C18H16N6O4S. The predicted molar refractivity (Wildman–Crippen MR) is 102 cm³/mol. The van der Waals surface area contributed by atoms with Crippen LogP contribution in [0.2, 0.25) is 0 Å². The zero-order valence-corrected chi connectivity index (χ0v) is 16.1. The number of hydrogen-bond donors (Lipinski definition) is 1. The topological polar surface area (TPSA) is 139 Å². The molecule has 0 saturated heterocycles. The van der Waals surface area contributed by atoms with Gasteiger partial charge in [0.2, 0.25) is 15.8 Å². The minimum atomic E-state index is -3.84. The lowest BCUT2D eigenvalue weighted by Gasteiger charge is -2.07. The van der Waals surface area contributed by atoms with E-state index in [9.17, 15) is 8.42 Å². The standard InChI is InChI=1S/C18H16N6O4S/c1-24-16(11-27-13-5-7-20-8-6-13)15(10-21-24)18-22-17(23-28-18)12-3-2-4-14(9-12)29(19,25)26/h2-10H,11H2,1H3,(H2,19,25,26). The van der Waals surface area contributed by atoms with Crippen molar-refractivity contribution in [3.63, 3.8) is 0 Å². The Morgan fingerprint density at radius 1 is 1.21 bits per heavy atom. The van der Waals surface area contributed by atoms with Crippen LogP contribution in [0.25, 0.3) is 22.8 Å². The highest BCUT2D eigenvalue weighted by Crippen LogP contribution is 2.26. The molecule has 10 nitrogen and oxygen atoms in total. The Morgan fingerprint density at radius 2 is 2.00 bits per heavy atom. The number of nitrogens with zero attached hydrogens (tertiary/aromatic N) is 5. The van der Waals surface area contributed by atoms with Gasteiger partial charge in [0.05, 0.1) is 22.3 Å². The van der Waals surface area contributed by atoms with Crippen LogP contribution >= 0.6 is 0 Å². The van der Waals surface area contributed by atoms with E-state index < -0.39 is 10.0 Å². The third kappa shape index (κ3) is 4.00. The van der Waals surface area contributed by atoms with Crippen LogP contribution in [0.1, 0.15) is 5.69 Å². The molecule has 0 bridgehead atoms. The van der Waals surface area contributed by atoms with Crippen molar-refractivity contribution < 1.29 is 17.7 Å².